The minimum Gasteiger partial charge on any atom is -0.477 e. The number of rotatable bonds is 4. The molecule has 0 unspecified atom stereocenters. The molecule has 1 fully saturated rings. The van der Waals surface area contributed by atoms with E-state index in [-0.39, 0.29) is 5.57 Å². The first kappa shape index (κ1) is 9.93. The number of carboxylic acid groups (broad SMARTS) is 1. The number of thioether (sulfide) groups is 1. The zero-order valence-corrected chi connectivity index (χ0v) is 8.02. The van der Waals surface area contributed by atoms with Crippen LogP contribution in [0.5, 0.6) is 0 Å². The Hall–Kier alpha value is -1.15. The van der Waals surface area contributed by atoms with E-state index in [2.05, 4.69) is 5.32 Å². The third kappa shape index (κ3) is 2.67. The molecule has 0 heterocycles. The van der Waals surface area contributed by atoms with Gasteiger partial charge in [-0.1, -0.05) is 0 Å². The summed E-state index contributed by atoms with van der Waals surface area (Å²) in [5.41, 5.74) is -0.195. The van der Waals surface area contributed by atoms with Gasteiger partial charge in [-0.2, -0.15) is 5.26 Å². The van der Waals surface area contributed by atoms with Gasteiger partial charge in [-0.3, -0.25) is 0 Å². The van der Waals surface area contributed by atoms with E-state index in [0.29, 0.717) is 11.1 Å². The highest BCUT2D eigenvalue weighted by molar-refractivity contribution is 8.02. The maximum atomic E-state index is 10.6. The minimum atomic E-state index is -1.17. The summed E-state index contributed by atoms with van der Waals surface area (Å²) in [5.74, 6) is -1.17. The van der Waals surface area contributed by atoms with Gasteiger partial charge in [0.1, 0.15) is 6.07 Å². The molecular formula is C8H10N2O2S. The van der Waals surface area contributed by atoms with Crippen LogP contribution in [0.3, 0.4) is 0 Å². The van der Waals surface area contributed by atoms with Crippen LogP contribution in [-0.4, -0.2) is 23.4 Å². The lowest BCUT2D eigenvalue weighted by molar-refractivity contribution is -0.132. The van der Waals surface area contributed by atoms with E-state index in [4.69, 9.17) is 10.4 Å². The number of carboxylic acids is 1. The van der Waals surface area contributed by atoms with Gasteiger partial charge in [0, 0.05) is 6.04 Å². The van der Waals surface area contributed by atoms with Crippen molar-refractivity contribution in [3.8, 4) is 6.07 Å². The van der Waals surface area contributed by atoms with Gasteiger partial charge in [0.2, 0.25) is 0 Å². The maximum absolute atomic E-state index is 10.6. The lowest BCUT2D eigenvalue weighted by atomic mass is 10.3. The van der Waals surface area contributed by atoms with E-state index in [0.717, 1.165) is 12.8 Å². The molecule has 0 saturated heterocycles. The molecule has 0 aromatic carbocycles. The molecule has 0 radical (unpaired) electrons. The van der Waals surface area contributed by atoms with E-state index in [1.54, 1.807) is 12.3 Å². The molecule has 0 bridgehead atoms. The molecule has 5 heteroatoms. The Bertz CT molecular complexity index is 289. The largest absolute Gasteiger partial charge is 0.477 e. The van der Waals surface area contributed by atoms with E-state index in [1.807, 2.05) is 0 Å². The number of hydrogen-bond acceptors (Lipinski definition) is 4. The molecule has 1 rings (SSSR count). The van der Waals surface area contributed by atoms with E-state index >= 15 is 0 Å². The summed E-state index contributed by atoms with van der Waals surface area (Å²) in [7, 11) is 0. The lowest BCUT2D eigenvalue weighted by Crippen LogP contribution is -2.17. The SMILES string of the molecule is CS/C(NC1CC1)=C(/C#N)C(=O)O. The van der Waals surface area contributed by atoms with Crippen molar-refractivity contribution in [3.63, 3.8) is 0 Å². The molecule has 2 N–H and O–H groups in total. The van der Waals surface area contributed by atoms with Gasteiger partial charge in [0.25, 0.3) is 0 Å². The summed E-state index contributed by atoms with van der Waals surface area (Å²) in [6, 6.07) is 2.05. The highest BCUT2D eigenvalue weighted by atomic mass is 32.2. The Labute approximate surface area is 80.6 Å². The summed E-state index contributed by atoms with van der Waals surface area (Å²) < 4.78 is 0. The molecule has 13 heavy (non-hydrogen) atoms. The van der Waals surface area contributed by atoms with Gasteiger partial charge < -0.3 is 10.4 Å². The van der Waals surface area contributed by atoms with Crippen LogP contribution < -0.4 is 5.32 Å². The average Bonchev–Trinajstić information content (AvgIpc) is 2.87. The number of aliphatic carboxylic acids is 1. The normalized spacial score (nSPS) is 17.2. The third-order valence-electron chi connectivity index (χ3n) is 1.67. The fourth-order valence-corrected chi connectivity index (χ4v) is 1.46. The third-order valence-corrected chi connectivity index (χ3v) is 2.40. The number of hydrogen-bond donors (Lipinski definition) is 2. The summed E-state index contributed by atoms with van der Waals surface area (Å²) in [6.07, 6.45) is 3.87. The first-order valence-electron chi connectivity index (χ1n) is 3.87. The zero-order chi connectivity index (χ0) is 9.84. The summed E-state index contributed by atoms with van der Waals surface area (Å²) >= 11 is 1.26. The average molecular weight is 198 g/mol. The Balaban J connectivity index is 2.78. The second-order valence-electron chi connectivity index (χ2n) is 2.74. The van der Waals surface area contributed by atoms with E-state index in [1.165, 1.54) is 11.8 Å². The molecule has 0 aromatic rings. The monoisotopic (exact) mass is 198 g/mol. The lowest BCUT2D eigenvalue weighted by Gasteiger charge is -2.06. The summed E-state index contributed by atoms with van der Waals surface area (Å²) in [4.78, 5) is 10.6. The standard InChI is InChI=1S/C8H10N2O2S/c1-13-7(10-5-2-3-5)6(4-9)8(11)12/h5,10H,2-3H2,1H3,(H,11,12)/b7-6-. The molecule has 0 spiro atoms. The van der Waals surface area contributed by atoms with Crippen LogP contribution in [0.2, 0.25) is 0 Å². The van der Waals surface area contributed by atoms with Crippen LogP contribution >= 0.6 is 11.8 Å². The molecule has 0 aliphatic heterocycles. The van der Waals surface area contributed by atoms with Crippen molar-refractivity contribution in [2.24, 2.45) is 0 Å². The quantitative estimate of drug-likeness (QED) is 0.519. The Morgan fingerprint density at radius 1 is 1.69 bits per heavy atom. The zero-order valence-electron chi connectivity index (χ0n) is 7.20. The van der Waals surface area contributed by atoms with Crippen LogP contribution in [0.15, 0.2) is 10.6 Å². The molecule has 1 aliphatic carbocycles. The summed E-state index contributed by atoms with van der Waals surface area (Å²) in [5, 5.41) is 20.7. The van der Waals surface area contributed by atoms with E-state index < -0.39 is 5.97 Å². The van der Waals surface area contributed by atoms with Crippen LogP contribution in [0.4, 0.5) is 0 Å². The molecule has 1 saturated carbocycles. The van der Waals surface area contributed by atoms with Crippen molar-refractivity contribution in [1.82, 2.24) is 5.32 Å². The van der Waals surface area contributed by atoms with Gasteiger partial charge in [-0.15, -0.1) is 11.8 Å². The Kier molecular flexibility index (Phi) is 3.20. The van der Waals surface area contributed by atoms with Gasteiger partial charge >= 0.3 is 5.97 Å². The second kappa shape index (κ2) is 4.19. The summed E-state index contributed by atoms with van der Waals surface area (Å²) in [6.45, 7) is 0. The van der Waals surface area contributed by atoms with Crippen molar-refractivity contribution in [1.29, 1.82) is 5.26 Å². The smallest absolute Gasteiger partial charge is 0.349 e. The van der Waals surface area contributed by atoms with Gasteiger partial charge in [0.15, 0.2) is 5.57 Å². The predicted molar refractivity (Wildman–Crippen MR) is 49.9 cm³/mol. The Morgan fingerprint density at radius 3 is 2.62 bits per heavy atom. The van der Waals surface area contributed by atoms with Gasteiger partial charge in [-0.25, -0.2) is 4.79 Å². The molecule has 0 amide bonds. The van der Waals surface area contributed by atoms with Crippen molar-refractivity contribution in [2.75, 3.05) is 6.26 Å². The van der Waals surface area contributed by atoms with Crippen molar-refractivity contribution in [3.05, 3.63) is 10.6 Å². The number of carbonyl (C=O) groups is 1. The molecule has 0 atom stereocenters. The fourth-order valence-electron chi connectivity index (χ4n) is 0.842. The number of nitrogens with zero attached hydrogens (tertiary/aromatic N) is 1. The van der Waals surface area contributed by atoms with Crippen molar-refractivity contribution in [2.45, 2.75) is 18.9 Å². The number of nitrogens with one attached hydrogen (secondary N) is 1. The first-order valence-corrected chi connectivity index (χ1v) is 5.09. The highest BCUT2D eigenvalue weighted by Gasteiger charge is 2.24. The second-order valence-corrected chi connectivity index (χ2v) is 3.56. The molecule has 4 nitrogen and oxygen atoms in total. The van der Waals surface area contributed by atoms with Crippen molar-refractivity contribution < 1.29 is 9.90 Å². The molecule has 1 aliphatic rings. The van der Waals surface area contributed by atoms with Crippen LogP contribution in [0, 0.1) is 11.3 Å². The minimum absolute atomic E-state index is 0.195. The Morgan fingerprint density at radius 2 is 2.31 bits per heavy atom. The van der Waals surface area contributed by atoms with Gasteiger partial charge in [-0.05, 0) is 19.1 Å². The molecular weight excluding hydrogens is 188 g/mol. The van der Waals surface area contributed by atoms with Crippen LogP contribution in [0.25, 0.3) is 0 Å². The van der Waals surface area contributed by atoms with Crippen LogP contribution in [0.1, 0.15) is 12.8 Å². The van der Waals surface area contributed by atoms with E-state index in [9.17, 15) is 4.79 Å². The first-order chi connectivity index (χ1) is 6.19. The maximum Gasteiger partial charge on any atom is 0.349 e. The van der Waals surface area contributed by atoms with Crippen LogP contribution in [-0.2, 0) is 4.79 Å². The van der Waals surface area contributed by atoms with Crippen molar-refractivity contribution >= 4 is 17.7 Å². The predicted octanol–water partition coefficient (Wildman–Crippen LogP) is 0.921. The molecule has 0 aromatic heterocycles. The number of nitriles is 1. The molecule has 70 valence electrons. The topological polar surface area (TPSA) is 73.1 Å². The van der Waals surface area contributed by atoms with Gasteiger partial charge in [0.05, 0.1) is 5.03 Å². The fraction of sp³-hybridized carbons (Fsp3) is 0.500. The highest BCUT2D eigenvalue weighted by Crippen LogP contribution is 2.24.